The first-order valence-electron chi connectivity index (χ1n) is 5.40. The third-order valence-corrected chi connectivity index (χ3v) is 3.44. The van der Waals surface area contributed by atoms with Crippen LogP contribution in [0.25, 0.3) is 0 Å². The van der Waals surface area contributed by atoms with E-state index in [1.54, 1.807) is 13.0 Å². The minimum absolute atomic E-state index is 0.000415. The summed E-state index contributed by atoms with van der Waals surface area (Å²) in [6, 6.07) is 4.05. The highest BCUT2D eigenvalue weighted by molar-refractivity contribution is 8.00. The number of nitrogens with zero attached hydrogens (tertiary/aromatic N) is 1. The van der Waals surface area contributed by atoms with Crippen LogP contribution in [0, 0.1) is 11.3 Å². The fourth-order valence-corrected chi connectivity index (χ4v) is 2.36. The molecule has 0 spiro atoms. The Balaban J connectivity index is 3.15. The van der Waals surface area contributed by atoms with Gasteiger partial charge in [0, 0.05) is 4.90 Å². The molecule has 0 saturated heterocycles. The van der Waals surface area contributed by atoms with Crippen molar-refractivity contribution in [2.75, 3.05) is 6.61 Å². The van der Waals surface area contributed by atoms with Gasteiger partial charge in [0.2, 0.25) is 0 Å². The van der Waals surface area contributed by atoms with E-state index < -0.39 is 23.2 Å². The zero-order chi connectivity index (χ0) is 15.3. The smallest absolute Gasteiger partial charge is 0.446 e. The van der Waals surface area contributed by atoms with Gasteiger partial charge >= 0.3 is 11.5 Å². The minimum atomic E-state index is -4.53. The Morgan fingerprint density at radius 3 is 2.65 bits per heavy atom. The molecule has 1 aromatic carbocycles. The Hall–Kier alpha value is -1.39. The summed E-state index contributed by atoms with van der Waals surface area (Å²) in [5.41, 5.74) is -4.39. The van der Waals surface area contributed by atoms with E-state index in [1.165, 1.54) is 6.07 Å². The molecular weight excluding hydrogens is 315 g/mol. The van der Waals surface area contributed by atoms with E-state index >= 15 is 0 Å². The summed E-state index contributed by atoms with van der Waals surface area (Å²) in [5, 5.41) is 8.62. The van der Waals surface area contributed by atoms with Gasteiger partial charge in [-0.2, -0.15) is 18.4 Å². The lowest BCUT2D eigenvalue weighted by Crippen LogP contribution is -2.09. The van der Waals surface area contributed by atoms with Crippen molar-refractivity contribution in [3.05, 3.63) is 28.3 Å². The van der Waals surface area contributed by atoms with Crippen molar-refractivity contribution in [1.29, 1.82) is 5.26 Å². The molecule has 1 rings (SSSR count). The van der Waals surface area contributed by atoms with E-state index in [0.717, 1.165) is 6.07 Å². The number of carbonyl (C=O) groups excluding carboxylic acids is 1. The predicted octanol–water partition coefficient (Wildman–Crippen LogP) is 3.93. The maximum Gasteiger partial charge on any atom is 0.446 e. The molecule has 3 nitrogen and oxygen atoms in total. The number of nitriles is 1. The lowest BCUT2D eigenvalue weighted by molar-refractivity contribution is -0.142. The largest absolute Gasteiger partial charge is 0.466 e. The van der Waals surface area contributed by atoms with Crippen molar-refractivity contribution in [2.24, 2.45) is 0 Å². The van der Waals surface area contributed by atoms with Gasteiger partial charge in [0.1, 0.15) is 0 Å². The van der Waals surface area contributed by atoms with E-state index in [1.807, 2.05) is 0 Å². The number of benzene rings is 1. The third-order valence-electron chi connectivity index (χ3n) is 2.11. The summed E-state index contributed by atoms with van der Waals surface area (Å²) in [5.74, 6) is -0.618. The van der Waals surface area contributed by atoms with Gasteiger partial charge < -0.3 is 4.74 Å². The van der Waals surface area contributed by atoms with Gasteiger partial charge in [-0.1, -0.05) is 11.6 Å². The normalized spacial score (nSPS) is 11.0. The second kappa shape index (κ2) is 6.86. The Labute approximate surface area is 122 Å². The van der Waals surface area contributed by atoms with Crippen LogP contribution in [0.3, 0.4) is 0 Å². The van der Waals surface area contributed by atoms with Crippen LogP contribution in [-0.2, 0) is 16.0 Å². The number of esters is 1. The maximum absolute atomic E-state index is 12.4. The number of ether oxygens (including phenoxy) is 1. The molecule has 0 aliphatic heterocycles. The van der Waals surface area contributed by atoms with Crippen LogP contribution in [0.15, 0.2) is 17.0 Å². The van der Waals surface area contributed by atoms with Crippen LogP contribution in [-0.4, -0.2) is 18.1 Å². The van der Waals surface area contributed by atoms with Crippen LogP contribution in [0.2, 0.25) is 5.02 Å². The molecule has 20 heavy (non-hydrogen) atoms. The molecule has 0 N–H and O–H groups in total. The third kappa shape index (κ3) is 4.94. The van der Waals surface area contributed by atoms with Crippen molar-refractivity contribution < 1.29 is 22.7 Å². The number of hydrogen-bond donors (Lipinski definition) is 0. The Kier molecular flexibility index (Phi) is 5.72. The molecule has 0 aliphatic rings. The summed E-state index contributed by atoms with van der Waals surface area (Å²) in [6.07, 6.45) is -0.284. The molecule has 0 radical (unpaired) electrons. The SMILES string of the molecule is CCOC(=O)Cc1cc(C#N)cc(SC(F)(F)F)c1Cl. The predicted molar refractivity (Wildman–Crippen MR) is 68.4 cm³/mol. The van der Waals surface area contributed by atoms with Crippen molar-refractivity contribution in [1.82, 2.24) is 0 Å². The molecule has 8 heteroatoms. The molecule has 108 valence electrons. The molecule has 0 fully saturated rings. The van der Waals surface area contributed by atoms with Gasteiger partial charge in [-0.25, -0.2) is 0 Å². The van der Waals surface area contributed by atoms with E-state index in [-0.39, 0.29) is 34.1 Å². The van der Waals surface area contributed by atoms with Crippen LogP contribution in [0.1, 0.15) is 18.1 Å². The highest BCUT2D eigenvalue weighted by Gasteiger charge is 2.31. The number of hydrogen-bond acceptors (Lipinski definition) is 4. The molecule has 0 atom stereocenters. The first-order valence-corrected chi connectivity index (χ1v) is 6.60. The van der Waals surface area contributed by atoms with Crippen molar-refractivity contribution in [3.63, 3.8) is 0 Å². The Bertz CT molecular complexity index is 555. The van der Waals surface area contributed by atoms with Crippen LogP contribution in [0.4, 0.5) is 13.2 Å². The molecular formula is C12H9ClF3NO2S. The number of thioether (sulfide) groups is 1. The summed E-state index contributed by atoms with van der Waals surface area (Å²) in [7, 11) is 0. The van der Waals surface area contributed by atoms with Crippen LogP contribution >= 0.6 is 23.4 Å². The topological polar surface area (TPSA) is 50.1 Å². The quantitative estimate of drug-likeness (QED) is 0.622. The van der Waals surface area contributed by atoms with E-state index in [2.05, 4.69) is 0 Å². The highest BCUT2D eigenvalue weighted by atomic mass is 35.5. The summed E-state index contributed by atoms with van der Waals surface area (Å²) in [6.45, 7) is 1.76. The molecule has 0 amide bonds. The second-order valence-corrected chi connectivity index (χ2v) is 5.07. The van der Waals surface area contributed by atoms with Crippen LogP contribution < -0.4 is 0 Å². The highest BCUT2D eigenvalue weighted by Crippen LogP contribution is 2.42. The zero-order valence-electron chi connectivity index (χ0n) is 10.3. The van der Waals surface area contributed by atoms with Gasteiger partial charge in [-0.3, -0.25) is 4.79 Å². The monoisotopic (exact) mass is 323 g/mol. The first-order chi connectivity index (χ1) is 9.26. The lowest BCUT2D eigenvalue weighted by atomic mass is 10.1. The summed E-state index contributed by atoms with van der Waals surface area (Å²) in [4.78, 5) is 11.1. The van der Waals surface area contributed by atoms with Crippen molar-refractivity contribution in [3.8, 4) is 6.07 Å². The second-order valence-electron chi connectivity index (χ2n) is 3.59. The van der Waals surface area contributed by atoms with Gasteiger partial charge in [0.15, 0.2) is 0 Å². The molecule has 0 bridgehead atoms. The molecule has 0 aliphatic carbocycles. The number of alkyl halides is 3. The summed E-state index contributed by atoms with van der Waals surface area (Å²) < 4.78 is 41.9. The fraction of sp³-hybridized carbons (Fsp3) is 0.333. The van der Waals surface area contributed by atoms with E-state index in [0.29, 0.717) is 0 Å². The van der Waals surface area contributed by atoms with Crippen molar-refractivity contribution >= 4 is 29.3 Å². The molecule has 0 unspecified atom stereocenters. The number of carbonyl (C=O) groups is 1. The Morgan fingerprint density at radius 2 is 2.15 bits per heavy atom. The van der Waals surface area contributed by atoms with Crippen molar-refractivity contribution in [2.45, 2.75) is 23.7 Å². The molecule has 0 aromatic heterocycles. The Morgan fingerprint density at radius 1 is 1.50 bits per heavy atom. The van der Waals surface area contributed by atoms with Gasteiger partial charge in [0.05, 0.1) is 29.7 Å². The standard InChI is InChI=1S/C12H9ClF3NO2S/c1-2-19-10(18)5-8-3-7(6-17)4-9(11(8)13)20-12(14,15)16/h3-4H,2,5H2,1H3. The van der Waals surface area contributed by atoms with Gasteiger partial charge in [-0.05, 0) is 36.4 Å². The zero-order valence-corrected chi connectivity index (χ0v) is 11.8. The fourth-order valence-electron chi connectivity index (χ4n) is 1.42. The molecule has 0 heterocycles. The van der Waals surface area contributed by atoms with Gasteiger partial charge in [0.25, 0.3) is 0 Å². The van der Waals surface area contributed by atoms with Crippen LogP contribution in [0.5, 0.6) is 0 Å². The molecule has 1 aromatic rings. The number of rotatable bonds is 4. The summed E-state index contributed by atoms with van der Waals surface area (Å²) >= 11 is 5.43. The first kappa shape index (κ1) is 16.7. The average molecular weight is 324 g/mol. The minimum Gasteiger partial charge on any atom is -0.466 e. The van der Waals surface area contributed by atoms with Gasteiger partial charge in [-0.15, -0.1) is 0 Å². The van der Waals surface area contributed by atoms with E-state index in [4.69, 9.17) is 21.6 Å². The lowest BCUT2D eigenvalue weighted by Gasteiger charge is -2.11. The number of halogens is 4. The van der Waals surface area contributed by atoms with E-state index in [9.17, 15) is 18.0 Å². The molecule has 0 saturated carbocycles. The average Bonchev–Trinajstić information content (AvgIpc) is 2.32. The maximum atomic E-state index is 12.4.